The second kappa shape index (κ2) is 8.89. The highest BCUT2D eigenvalue weighted by atomic mass is 16.7. The Bertz CT molecular complexity index is 1220. The van der Waals surface area contributed by atoms with E-state index in [9.17, 15) is 35.4 Å². The van der Waals surface area contributed by atoms with Crippen LogP contribution in [0.25, 0.3) is 22.3 Å². The Morgan fingerprint density at radius 3 is 2.39 bits per heavy atom. The summed E-state index contributed by atoms with van der Waals surface area (Å²) >= 11 is 0. The summed E-state index contributed by atoms with van der Waals surface area (Å²) in [6.45, 7) is -0.621. The molecule has 4 rings (SSSR count). The van der Waals surface area contributed by atoms with Crippen molar-refractivity contribution in [2.24, 2.45) is 0 Å². The van der Waals surface area contributed by atoms with Crippen LogP contribution in [0.3, 0.4) is 0 Å². The summed E-state index contributed by atoms with van der Waals surface area (Å²) in [6.07, 6.45) is -7.43. The van der Waals surface area contributed by atoms with E-state index in [2.05, 4.69) is 0 Å². The van der Waals surface area contributed by atoms with Crippen molar-refractivity contribution >= 4 is 11.0 Å². The van der Waals surface area contributed by atoms with Gasteiger partial charge >= 0.3 is 0 Å². The van der Waals surface area contributed by atoms with Gasteiger partial charge in [-0.15, -0.1) is 0 Å². The van der Waals surface area contributed by atoms with Crippen molar-refractivity contribution in [2.45, 2.75) is 30.7 Å². The van der Waals surface area contributed by atoms with E-state index in [1.807, 2.05) is 0 Å². The number of aliphatic hydroxyl groups excluding tert-OH is 4. The van der Waals surface area contributed by atoms with Crippen LogP contribution in [0.5, 0.6) is 23.0 Å². The number of aliphatic hydroxyl groups is 4. The quantitative estimate of drug-likeness (QED) is 0.282. The number of benzene rings is 2. The van der Waals surface area contributed by atoms with Crippen molar-refractivity contribution in [3.63, 3.8) is 0 Å². The predicted molar refractivity (Wildman–Crippen MR) is 112 cm³/mol. The highest BCUT2D eigenvalue weighted by Crippen LogP contribution is 2.35. The highest BCUT2D eigenvalue weighted by molar-refractivity contribution is 5.86. The van der Waals surface area contributed by atoms with Gasteiger partial charge in [0.25, 0.3) is 0 Å². The van der Waals surface area contributed by atoms with E-state index in [0.29, 0.717) is 5.56 Å². The fourth-order valence-corrected chi connectivity index (χ4v) is 3.58. The molecule has 11 nitrogen and oxygen atoms in total. The predicted octanol–water partition coefficient (Wildman–Crippen LogP) is 0.0585. The topological polar surface area (TPSA) is 179 Å². The molecule has 176 valence electrons. The summed E-state index contributed by atoms with van der Waals surface area (Å²) in [6, 6.07) is 7.82. The summed E-state index contributed by atoms with van der Waals surface area (Å²) in [5.74, 6) is -0.500. The van der Waals surface area contributed by atoms with Crippen molar-refractivity contribution in [3.05, 3.63) is 46.6 Å². The van der Waals surface area contributed by atoms with Gasteiger partial charge in [0.15, 0.2) is 16.9 Å². The molecule has 1 aliphatic heterocycles. The van der Waals surface area contributed by atoms with Gasteiger partial charge in [0, 0.05) is 23.8 Å². The fraction of sp³-hybridized carbons (Fsp3) is 0.318. The standard InChI is InChI=1S/C22H22O11/c1-30-15-5-10(31-22-21(29)20(28)19(27)17(8-23)33-22)6-16-18(15)13(26)7-14(32-16)9-2-3-11(24)12(25)4-9/h2-7,17,19-25,27-29H,8H2,1H3. The molecule has 5 unspecified atom stereocenters. The van der Waals surface area contributed by atoms with Crippen LogP contribution in [-0.4, -0.2) is 75.1 Å². The molecule has 1 saturated heterocycles. The van der Waals surface area contributed by atoms with Crippen molar-refractivity contribution in [1.82, 2.24) is 0 Å². The minimum Gasteiger partial charge on any atom is -0.504 e. The molecule has 2 aromatic carbocycles. The largest absolute Gasteiger partial charge is 0.504 e. The average molecular weight is 462 g/mol. The van der Waals surface area contributed by atoms with Crippen LogP contribution in [0.2, 0.25) is 0 Å². The number of hydrogen-bond acceptors (Lipinski definition) is 11. The lowest BCUT2D eigenvalue weighted by Crippen LogP contribution is -2.60. The van der Waals surface area contributed by atoms with E-state index < -0.39 is 48.5 Å². The van der Waals surface area contributed by atoms with Gasteiger partial charge in [-0.05, 0) is 18.2 Å². The molecule has 1 fully saturated rings. The Morgan fingerprint density at radius 1 is 0.970 bits per heavy atom. The van der Waals surface area contributed by atoms with Gasteiger partial charge < -0.3 is 49.3 Å². The number of fused-ring (bicyclic) bond motifs is 1. The third-order valence-electron chi connectivity index (χ3n) is 5.35. The third kappa shape index (κ3) is 4.19. The molecule has 0 bridgehead atoms. The van der Waals surface area contributed by atoms with Crippen molar-refractivity contribution < 1.29 is 49.3 Å². The maximum Gasteiger partial charge on any atom is 0.229 e. The Labute approximate surface area is 186 Å². The Morgan fingerprint density at radius 2 is 1.73 bits per heavy atom. The van der Waals surface area contributed by atoms with Crippen molar-refractivity contribution in [1.29, 1.82) is 0 Å². The Balaban J connectivity index is 1.75. The molecule has 6 N–H and O–H groups in total. The molecule has 33 heavy (non-hydrogen) atoms. The summed E-state index contributed by atoms with van der Waals surface area (Å²) in [4.78, 5) is 12.8. The van der Waals surface area contributed by atoms with Crippen LogP contribution in [-0.2, 0) is 4.74 Å². The zero-order chi connectivity index (χ0) is 23.9. The first-order valence-electron chi connectivity index (χ1n) is 9.89. The maximum atomic E-state index is 12.8. The lowest BCUT2D eigenvalue weighted by molar-refractivity contribution is -0.277. The smallest absolute Gasteiger partial charge is 0.229 e. The highest BCUT2D eigenvalue weighted by Gasteiger charge is 2.44. The molecule has 11 heteroatoms. The first-order chi connectivity index (χ1) is 15.7. The SMILES string of the molecule is COc1cc(OC2OC(CO)C(O)C(O)C2O)cc2oc(-c3ccc(O)c(O)c3)cc(=O)c12. The lowest BCUT2D eigenvalue weighted by Gasteiger charge is -2.39. The molecule has 0 radical (unpaired) electrons. The van der Waals surface area contributed by atoms with E-state index in [-0.39, 0.29) is 34.0 Å². The monoisotopic (exact) mass is 462 g/mol. The fourth-order valence-electron chi connectivity index (χ4n) is 3.58. The number of rotatable bonds is 5. The van der Waals surface area contributed by atoms with Crippen LogP contribution >= 0.6 is 0 Å². The Kier molecular flexibility index (Phi) is 6.15. The van der Waals surface area contributed by atoms with Gasteiger partial charge in [0.05, 0.1) is 13.7 Å². The summed E-state index contributed by atoms with van der Waals surface area (Å²) in [5.41, 5.74) is -0.0809. The van der Waals surface area contributed by atoms with Gasteiger partial charge in [0.1, 0.15) is 52.6 Å². The van der Waals surface area contributed by atoms with Crippen molar-refractivity contribution in [3.8, 4) is 34.3 Å². The van der Waals surface area contributed by atoms with Gasteiger partial charge in [-0.3, -0.25) is 4.79 Å². The number of phenols is 2. The molecular weight excluding hydrogens is 440 g/mol. The van der Waals surface area contributed by atoms with E-state index in [0.717, 1.165) is 0 Å². The summed E-state index contributed by atoms with van der Waals surface area (Å²) in [7, 11) is 1.33. The maximum absolute atomic E-state index is 12.8. The van der Waals surface area contributed by atoms with Gasteiger partial charge in [0.2, 0.25) is 6.29 Å². The molecule has 1 aliphatic rings. The number of ether oxygens (including phenoxy) is 3. The normalized spacial score (nSPS) is 25.2. The lowest BCUT2D eigenvalue weighted by atomic mass is 9.99. The van der Waals surface area contributed by atoms with Crippen LogP contribution in [0.15, 0.2) is 45.6 Å². The molecule has 0 spiro atoms. The summed E-state index contributed by atoms with van der Waals surface area (Å²) in [5, 5.41) is 58.8. The molecule has 5 atom stereocenters. The van der Waals surface area contributed by atoms with Gasteiger partial charge in [-0.1, -0.05) is 0 Å². The van der Waals surface area contributed by atoms with E-state index in [1.165, 1.54) is 43.5 Å². The van der Waals surface area contributed by atoms with Crippen LogP contribution in [0, 0.1) is 0 Å². The van der Waals surface area contributed by atoms with Crippen LogP contribution in [0.1, 0.15) is 0 Å². The number of hydrogen-bond donors (Lipinski definition) is 6. The van der Waals surface area contributed by atoms with Crippen LogP contribution < -0.4 is 14.9 Å². The van der Waals surface area contributed by atoms with Crippen molar-refractivity contribution in [2.75, 3.05) is 13.7 Å². The van der Waals surface area contributed by atoms with E-state index in [4.69, 9.17) is 18.6 Å². The van der Waals surface area contributed by atoms with Gasteiger partial charge in [-0.25, -0.2) is 0 Å². The zero-order valence-electron chi connectivity index (χ0n) is 17.3. The second-order valence-electron chi connectivity index (χ2n) is 7.49. The number of aromatic hydroxyl groups is 2. The van der Waals surface area contributed by atoms with Gasteiger partial charge in [-0.2, -0.15) is 0 Å². The summed E-state index contributed by atoms with van der Waals surface area (Å²) < 4.78 is 22.1. The van der Waals surface area contributed by atoms with E-state index >= 15 is 0 Å². The second-order valence-corrected chi connectivity index (χ2v) is 7.49. The number of methoxy groups -OCH3 is 1. The number of phenolic OH excluding ortho intramolecular Hbond substituents is 2. The minimum atomic E-state index is -1.64. The average Bonchev–Trinajstić information content (AvgIpc) is 2.80. The van der Waals surface area contributed by atoms with Crippen LogP contribution in [0.4, 0.5) is 0 Å². The molecule has 0 amide bonds. The molecule has 3 aromatic rings. The molecule has 2 heterocycles. The first kappa shape index (κ1) is 22.8. The van der Waals surface area contributed by atoms with E-state index in [1.54, 1.807) is 0 Å². The molecule has 1 aromatic heterocycles. The third-order valence-corrected chi connectivity index (χ3v) is 5.35. The minimum absolute atomic E-state index is 0.0394. The molecule has 0 saturated carbocycles. The Hall–Kier alpha value is -3.35. The first-order valence-corrected chi connectivity index (χ1v) is 9.89. The molecule has 0 aliphatic carbocycles. The molecular formula is C22H22O11. The zero-order valence-corrected chi connectivity index (χ0v) is 17.3.